The number of sulfonamides is 1. The average Bonchev–Trinajstić information content (AvgIpc) is 3.54. The summed E-state index contributed by atoms with van der Waals surface area (Å²) >= 11 is 0. The first-order valence-electron chi connectivity index (χ1n) is 17.5. The SMILES string of the molecule is C[C@H](NC(=O)N(CCCN1CCOCC1)Cc1ccc(CN2CC[C@H](NS(=O)(=O)Cc3ccccc3)C2)cc1)c1cccc2ccccc12. The number of morpholine rings is 1. The van der Waals surface area contributed by atoms with Crippen molar-refractivity contribution in [3.63, 3.8) is 0 Å². The Balaban J connectivity index is 1.05. The maximum atomic E-state index is 13.8. The fraction of sp³-hybridized carbons (Fsp3) is 0.410. The number of carbonyl (C=O) groups excluding carboxylic acids is 1. The zero-order valence-electron chi connectivity index (χ0n) is 28.5. The minimum atomic E-state index is -3.41. The van der Waals surface area contributed by atoms with Gasteiger partial charge in [-0.05, 0) is 52.8 Å². The molecule has 6 rings (SSSR count). The highest BCUT2D eigenvalue weighted by atomic mass is 32.2. The van der Waals surface area contributed by atoms with Crippen LogP contribution in [0.15, 0.2) is 97.1 Å². The van der Waals surface area contributed by atoms with Crippen LogP contribution in [-0.4, -0.2) is 87.7 Å². The molecule has 2 saturated heterocycles. The van der Waals surface area contributed by atoms with E-state index in [0.29, 0.717) is 19.6 Å². The van der Waals surface area contributed by atoms with Gasteiger partial charge in [0.2, 0.25) is 10.0 Å². The summed E-state index contributed by atoms with van der Waals surface area (Å²) in [5, 5.41) is 5.61. The number of nitrogens with one attached hydrogen (secondary N) is 2. The molecular formula is C39H49N5O4S. The highest BCUT2D eigenvalue weighted by Gasteiger charge is 2.27. The van der Waals surface area contributed by atoms with Crippen LogP contribution in [-0.2, 0) is 33.6 Å². The molecule has 0 bridgehead atoms. The summed E-state index contributed by atoms with van der Waals surface area (Å²) in [6, 6.07) is 32.0. The van der Waals surface area contributed by atoms with E-state index in [1.54, 1.807) is 0 Å². The predicted octanol–water partition coefficient (Wildman–Crippen LogP) is 5.53. The molecule has 4 aromatic carbocycles. The van der Waals surface area contributed by atoms with E-state index in [0.717, 1.165) is 86.2 Å². The Morgan fingerprint density at radius 3 is 2.37 bits per heavy atom. The smallest absolute Gasteiger partial charge is 0.318 e. The minimum Gasteiger partial charge on any atom is -0.379 e. The number of ether oxygens (including phenoxy) is 1. The molecule has 0 saturated carbocycles. The lowest BCUT2D eigenvalue weighted by molar-refractivity contribution is 0.0364. The molecule has 9 nitrogen and oxygen atoms in total. The number of nitrogens with zero attached hydrogens (tertiary/aromatic N) is 3. The normalized spacial score (nSPS) is 18.0. The van der Waals surface area contributed by atoms with E-state index >= 15 is 0 Å². The standard InChI is InChI=1S/C39H49N5O4S/c1-31(37-14-7-12-35-11-5-6-13-38(35)37)40-39(45)44(21-8-20-42-23-25-48-26-24-42)28-33-17-15-32(16-18-33)27-43-22-19-36(29-43)41-49(46,47)30-34-9-3-2-4-10-34/h2-7,9-18,31,36,41H,8,19-30H2,1H3,(H,40,45)/t31-,36-/m0/s1. The van der Waals surface area contributed by atoms with Crippen LogP contribution in [0.4, 0.5) is 4.79 Å². The Bertz CT molecular complexity index is 1760. The van der Waals surface area contributed by atoms with Crippen LogP contribution in [0.5, 0.6) is 0 Å². The number of benzene rings is 4. The first-order chi connectivity index (χ1) is 23.8. The molecule has 0 aliphatic carbocycles. The number of carbonyl (C=O) groups is 1. The maximum absolute atomic E-state index is 13.8. The Labute approximate surface area is 291 Å². The van der Waals surface area contributed by atoms with Crippen LogP contribution < -0.4 is 10.0 Å². The summed E-state index contributed by atoms with van der Waals surface area (Å²) in [7, 11) is -3.41. The van der Waals surface area contributed by atoms with Gasteiger partial charge in [-0.1, -0.05) is 97.1 Å². The minimum absolute atomic E-state index is 0.00383. The molecule has 10 heteroatoms. The monoisotopic (exact) mass is 683 g/mol. The third-order valence-corrected chi connectivity index (χ3v) is 10.9. The number of amides is 2. The van der Waals surface area contributed by atoms with E-state index < -0.39 is 10.0 Å². The van der Waals surface area contributed by atoms with Crippen LogP contribution in [0.1, 0.15) is 48.1 Å². The summed E-state index contributed by atoms with van der Waals surface area (Å²) in [4.78, 5) is 20.4. The molecule has 0 spiro atoms. The molecule has 0 radical (unpaired) electrons. The van der Waals surface area contributed by atoms with Crippen LogP contribution in [0.3, 0.4) is 0 Å². The van der Waals surface area contributed by atoms with E-state index in [9.17, 15) is 13.2 Å². The number of hydrogen-bond acceptors (Lipinski definition) is 6. The van der Waals surface area contributed by atoms with E-state index in [-0.39, 0.29) is 23.9 Å². The van der Waals surface area contributed by atoms with Gasteiger partial charge in [0.1, 0.15) is 0 Å². The maximum Gasteiger partial charge on any atom is 0.318 e. The Morgan fingerprint density at radius 1 is 0.857 bits per heavy atom. The zero-order valence-corrected chi connectivity index (χ0v) is 29.3. The molecule has 2 heterocycles. The fourth-order valence-corrected chi connectivity index (χ4v) is 8.35. The number of likely N-dealkylation sites (tertiary alicyclic amines) is 1. The van der Waals surface area contributed by atoms with Crippen LogP contribution >= 0.6 is 0 Å². The topological polar surface area (TPSA) is 94.2 Å². The van der Waals surface area contributed by atoms with Gasteiger partial charge in [-0.3, -0.25) is 9.80 Å². The lowest BCUT2D eigenvalue weighted by Crippen LogP contribution is -2.43. The van der Waals surface area contributed by atoms with Gasteiger partial charge < -0.3 is 15.0 Å². The molecule has 4 aromatic rings. The van der Waals surface area contributed by atoms with Gasteiger partial charge >= 0.3 is 6.03 Å². The lowest BCUT2D eigenvalue weighted by atomic mass is 10.00. The molecule has 2 N–H and O–H groups in total. The second-order valence-corrected chi connectivity index (χ2v) is 15.1. The van der Waals surface area contributed by atoms with Gasteiger partial charge in [-0.25, -0.2) is 17.9 Å². The second-order valence-electron chi connectivity index (χ2n) is 13.4. The van der Waals surface area contributed by atoms with Gasteiger partial charge in [-0.15, -0.1) is 0 Å². The predicted molar refractivity (Wildman–Crippen MR) is 196 cm³/mol. The van der Waals surface area contributed by atoms with Crippen LogP contribution in [0.2, 0.25) is 0 Å². The van der Waals surface area contributed by atoms with E-state index in [1.165, 1.54) is 5.56 Å². The first kappa shape index (κ1) is 35.0. The molecule has 2 aliphatic heterocycles. The van der Waals surface area contributed by atoms with Gasteiger partial charge in [-0.2, -0.15) is 0 Å². The molecular weight excluding hydrogens is 635 g/mol. The van der Waals surface area contributed by atoms with Crippen LogP contribution in [0, 0.1) is 0 Å². The van der Waals surface area contributed by atoms with Crippen molar-refractivity contribution in [2.45, 2.75) is 50.7 Å². The third kappa shape index (κ3) is 10.1. The summed E-state index contributed by atoms with van der Waals surface area (Å²) in [5.41, 5.74) is 4.15. The summed E-state index contributed by atoms with van der Waals surface area (Å²) in [6.07, 6.45) is 1.68. The van der Waals surface area contributed by atoms with Gasteiger partial charge in [0.15, 0.2) is 0 Å². The van der Waals surface area contributed by atoms with Crippen molar-refractivity contribution >= 4 is 26.8 Å². The molecule has 0 unspecified atom stereocenters. The molecule has 260 valence electrons. The molecule has 49 heavy (non-hydrogen) atoms. The molecule has 2 amide bonds. The third-order valence-electron chi connectivity index (χ3n) is 9.54. The Hall–Kier alpha value is -3.80. The quantitative estimate of drug-likeness (QED) is 0.182. The fourth-order valence-electron chi connectivity index (χ4n) is 6.94. The number of urea groups is 1. The number of fused-ring (bicyclic) bond motifs is 1. The van der Waals surface area contributed by atoms with E-state index in [1.807, 2.05) is 47.4 Å². The van der Waals surface area contributed by atoms with Crippen molar-refractivity contribution in [2.75, 3.05) is 52.5 Å². The van der Waals surface area contributed by atoms with Crippen molar-refractivity contribution < 1.29 is 17.9 Å². The second kappa shape index (κ2) is 16.7. The van der Waals surface area contributed by atoms with Crippen molar-refractivity contribution in [3.8, 4) is 0 Å². The van der Waals surface area contributed by atoms with Gasteiger partial charge in [0.25, 0.3) is 0 Å². The van der Waals surface area contributed by atoms with E-state index in [2.05, 4.69) is 81.4 Å². The zero-order chi connectivity index (χ0) is 34.1. The number of hydrogen-bond donors (Lipinski definition) is 2. The molecule has 2 aliphatic rings. The largest absolute Gasteiger partial charge is 0.379 e. The molecule has 0 aromatic heterocycles. The average molecular weight is 684 g/mol. The van der Waals surface area contributed by atoms with E-state index in [4.69, 9.17) is 4.74 Å². The summed E-state index contributed by atoms with van der Waals surface area (Å²) in [5.74, 6) is -0.00383. The van der Waals surface area contributed by atoms with Gasteiger partial charge in [0.05, 0.1) is 25.0 Å². The molecule has 2 atom stereocenters. The first-order valence-corrected chi connectivity index (χ1v) is 19.1. The highest BCUT2D eigenvalue weighted by Crippen LogP contribution is 2.24. The highest BCUT2D eigenvalue weighted by molar-refractivity contribution is 7.88. The van der Waals surface area contributed by atoms with Crippen LogP contribution in [0.25, 0.3) is 10.8 Å². The lowest BCUT2D eigenvalue weighted by Gasteiger charge is -2.29. The summed E-state index contributed by atoms with van der Waals surface area (Å²) in [6.45, 7) is 9.84. The molecule has 2 fully saturated rings. The van der Waals surface area contributed by atoms with Crippen molar-refractivity contribution in [1.29, 1.82) is 0 Å². The van der Waals surface area contributed by atoms with Crippen molar-refractivity contribution in [2.24, 2.45) is 0 Å². The summed E-state index contributed by atoms with van der Waals surface area (Å²) < 4.78 is 33.9. The van der Waals surface area contributed by atoms with Gasteiger partial charge in [0, 0.05) is 58.4 Å². The number of rotatable bonds is 14. The van der Waals surface area contributed by atoms with Crippen molar-refractivity contribution in [3.05, 3.63) is 119 Å². The Morgan fingerprint density at radius 2 is 1.57 bits per heavy atom. The Kier molecular flexibility index (Phi) is 12.0. The van der Waals surface area contributed by atoms with Crippen molar-refractivity contribution in [1.82, 2.24) is 24.7 Å².